The highest BCUT2D eigenvalue weighted by Crippen LogP contribution is 2.38. The highest BCUT2D eigenvalue weighted by atomic mass is 16.3. The second-order valence-corrected chi connectivity index (χ2v) is 5.16. The van der Waals surface area contributed by atoms with Crippen LogP contribution in [0.4, 0.5) is 0 Å². The number of hydrogen-bond acceptors (Lipinski definition) is 2. The molecule has 0 heterocycles. The Kier molecular flexibility index (Phi) is 4.02. The maximum absolute atomic E-state index is 11.9. The van der Waals surface area contributed by atoms with Gasteiger partial charge in [0, 0.05) is 5.92 Å². The first-order chi connectivity index (χ1) is 8.65. The quantitative estimate of drug-likeness (QED) is 0.836. The molecule has 0 saturated heterocycles. The molecule has 0 aromatic heterocycles. The maximum Gasteiger partial charge on any atom is 0.223 e. The SMILES string of the molecule is CCc1ccc(C(CO)NC(=O)C2CC2C)cc1. The molecule has 1 aromatic rings. The molecule has 2 rings (SSSR count). The lowest BCUT2D eigenvalue weighted by Crippen LogP contribution is -2.32. The third kappa shape index (κ3) is 2.91. The van der Waals surface area contributed by atoms with Crippen LogP contribution in [-0.2, 0) is 11.2 Å². The summed E-state index contributed by atoms with van der Waals surface area (Å²) in [6, 6.07) is 7.77. The Hall–Kier alpha value is -1.35. The summed E-state index contributed by atoms with van der Waals surface area (Å²) < 4.78 is 0. The fraction of sp³-hybridized carbons (Fsp3) is 0.533. The first kappa shape index (κ1) is 13.1. The molecule has 98 valence electrons. The van der Waals surface area contributed by atoms with Crippen LogP contribution >= 0.6 is 0 Å². The van der Waals surface area contributed by atoms with Gasteiger partial charge in [-0.05, 0) is 29.9 Å². The van der Waals surface area contributed by atoms with Crippen molar-refractivity contribution in [2.45, 2.75) is 32.7 Å². The molecule has 3 atom stereocenters. The van der Waals surface area contributed by atoms with E-state index in [0.29, 0.717) is 5.92 Å². The Morgan fingerprint density at radius 2 is 2.06 bits per heavy atom. The number of amides is 1. The average Bonchev–Trinajstić information content (AvgIpc) is 3.13. The molecule has 1 saturated carbocycles. The van der Waals surface area contributed by atoms with Crippen LogP contribution in [0.25, 0.3) is 0 Å². The van der Waals surface area contributed by atoms with Crippen LogP contribution in [-0.4, -0.2) is 17.6 Å². The standard InChI is InChI=1S/C15H21NO2/c1-3-11-4-6-12(7-5-11)14(9-17)16-15(18)13-8-10(13)2/h4-7,10,13-14,17H,3,8-9H2,1-2H3,(H,16,18). The Labute approximate surface area is 108 Å². The second-order valence-electron chi connectivity index (χ2n) is 5.16. The molecular weight excluding hydrogens is 226 g/mol. The number of carbonyl (C=O) groups is 1. The molecule has 18 heavy (non-hydrogen) atoms. The van der Waals surface area contributed by atoms with Crippen LogP contribution in [0.3, 0.4) is 0 Å². The zero-order valence-corrected chi connectivity index (χ0v) is 11.0. The fourth-order valence-corrected chi connectivity index (χ4v) is 2.19. The largest absolute Gasteiger partial charge is 0.394 e. The minimum Gasteiger partial charge on any atom is -0.394 e. The van der Waals surface area contributed by atoms with Crippen LogP contribution in [0.15, 0.2) is 24.3 Å². The van der Waals surface area contributed by atoms with E-state index in [2.05, 4.69) is 19.2 Å². The van der Waals surface area contributed by atoms with Crippen molar-refractivity contribution in [3.05, 3.63) is 35.4 Å². The number of aliphatic hydroxyl groups is 1. The van der Waals surface area contributed by atoms with E-state index in [4.69, 9.17) is 0 Å². The first-order valence-electron chi connectivity index (χ1n) is 6.65. The molecule has 0 aliphatic heterocycles. The molecular formula is C15H21NO2. The summed E-state index contributed by atoms with van der Waals surface area (Å²) in [6.45, 7) is 4.13. The van der Waals surface area contributed by atoms with Gasteiger partial charge in [-0.2, -0.15) is 0 Å². The minimum atomic E-state index is -0.281. The van der Waals surface area contributed by atoms with Crippen molar-refractivity contribution in [2.24, 2.45) is 11.8 Å². The molecule has 1 aliphatic carbocycles. The number of hydrogen-bond donors (Lipinski definition) is 2. The van der Waals surface area contributed by atoms with E-state index in [1.807, 2.05) is 24.3 Å². The molecule has 3 nitrogen and oxygen atoms in total. The van der Waals surface area contributed by atoms with Crippen molar-refractivity contribution >= 4 is 5.91 Å². The van der Waals surface area contributed by atoms with Crippen molar-refractivity contribution in [3.63, 3.8) is 0 Å². The van der Waals surface area contributed by atoms with E-state index in [0.717, 1.165) is 18.4 Å². The fourth-order valence-electron chi connectivity index (χ4n) is 2.19. The lowest BCUT2D eigenvalue weighted by atomic mass is 10.0. The van der Waals surface area contributed by atoms with E-state index >= 15 is 0 Å². The molecule has 3 heteroatoms. The molecule has 0 spiro atoms. The third-order valence-corrected chi connectivity index (χ3v) is 3.74. The van der Waals surface area contributed by atoms with E-state index in [1.54, 1.807) is 0 Å². The van der Waals surface area contributed by atoms with Crippen molar-refractivity contribution in [2.75, 3.05) is 6.61 Å². The van der Waals surface area contributed by atoms with Crippen LogP contribution in [0.2, 0.25) is 0 Å². The van der Waals surface area contributed by atoms with Gasteiger partial charge in [-0.15, -0.1) is 0 Å². The van der Waals surface area contributed by atoms with Crippen LogP contribution in [0.5, 0.6) is 0 Å². The van der Waals surface area contributed by atoms with E-state index in [1.165, 1.54) is 5.56 Å². The predicted molar refractivity (Wildman–Crippen MR) is 71.1 cm³/mol. The number of carbonyl (C=O) groups excluding carboxylic acids is 1. The normalized spacial score (nSPS) is 23.5. The molecule has 2 N–H and O–H groups in total. The molecule has 0 radical (unpaired) electrons. The molecule has 1 aromatic carbocycles. The summed E-state index contributed by atoms with van der Waals surface area (Å²) in [7, 11) is 0. The highest BCUT2D eigenvalue weighted by Gasteiger charge is 2.39. The van der Waals surface area contributed by atoms with Gasteiger partial charge >= 0.3 is 0 Å². The smallest absolute Gasteiger partial charge is 0.223 e. The number of aryl methyl sites for hydroxylation is 1. The molecule has 1 amide bonds. The molecule has 1 fully saturated rings. The van der Waals surface area contributed by atoms with Gasteiger partial charge in [0.25, 0.3) is 0 Å². The summed E-state index contributed by atoms with van der Waals surface area (Å²) in [4.78, 5) is 11.9. The molecule has 3 unspecified atom stereocenters. The minimum absolute atomic E-state index is 0.0572. The van der Waals surface area contributed by atoms with Gasteiger partial charge < -0.3 is 10.4 Å². The highest BCUT2D eigenvalue weighted by molar-refractivity contribution is 5.81. The summed E-state index contributed by atoms with van der Waals surface area (Å²) in [5.41, 5.74) is 2.23. The lowest BCUT2D eigenvalue weighted by Gasteiger charge is -2.17. The zero-order chi connectivity index (χ0) is 13.1. The van der Waals surface area contributed by atoms with E-state index in [9.17, 15) is 9.90 Å². The predicted octanol–water partition coefficient (Wildman–Crippen LogP) is 2.05. The van der Waals surface area contributed by atoms with Gasteiger partial charge in [0.05, 0.1) is 12.6 Å². The Morgan fingerprint density at radius 1 is 1.44 bits per heavy atom. The van der Waals surface area contributed by atoms with Crippen molar-refractivity contribution in [3.8, 4) is 0 Å². The van der Waals surface area contributed by atoms with Gasteiger partial charge in [0.15, 0.2) is 0 Å². The van der Waals surface area contributed by atoms with Crippen LogP contribution in [0, 0.1) is 11.8 Å². The molecule has 0 bridgehead atoms. The lowest BCUT2D eigenvalue weighted by molar-refractivity contribution is -0.123. The summed E-state index contributed by atoms with van der Waals surface area (Å²) in [6.07, 6.45) is 1.97. The van der Waals surface area contributed by atoms with Gasteiger partial charge in [-0.25, -0.2) is 0 Å². The molecule has 1 aliphatic rings. The maximum atomic E-state index is 11.9. The van der Waals surface area contributed by atoms with Gasteiger partial charge in [0.2, 0.25) is 5.91 Å². The van der Waals surface area contributed by atoms with Crippen molar-refractivity contribution < 1.29 is 9.90 Å². The third-order valence-electron chi connectivity index (χ3n) is 3.74. The van der Waals surface area contributed by atoms with Gasteiger partial charge in [0.1, 0.15) is 0 Å². The summed E-state index contributed by atoms with van der Waals surface area (Å²) in [5, 5.41) is 12.3. The van der Waals surface area contributed by atoms with Crippen molar-refractivity contribution in [1.82, 2.24) is 5.32 Å². The van der Waals surface area contributed by atoms with Crippen LogP contribution < -0.4 is 5.32 Å². The monoisotopic (exact) mass is 247 g/mol. The zero-order valence-electron chi connectivity index (χ0n) is 11.0. The topological polar surface area (TPSA) is 49.3 Å². The van der Waals surface area contributed by atoms with Crippen LogP contribution in [0.1, 0.15) is 37.4 Å². The number of nitrogens with one attached hydrogen (secondary N) is 1. The average molecular weight is 247 g/mol. The number of rotatable bonds is 5. The second kappa shape index (κ2) is 5.53. The Bertz CT molecular complexity index is 413. The Balaban J connectivity index is 2.00. The number of aliphatic hydroxyl groups excluding tert-OH is 1. The van der Waals surface area contributed by atoms with E-state index in [-0.39, 0.29) is 24.5 Å². The Morgan fingerprint density at radius 3 is 2.50 bits per heavy atom. The van der Waals surface area contributed by atoms with Gasteiger partial charge in [-0.3, -0.25) is 4.79 Å². The first-order valence-corrected chi connectivity index (χ1v) is 6.65. The van der Waals surface area contributed by atoms with Crippen molar-refractivity contribution in [1.29, 1.82) is 0 Å². The summed E-state index contributed by atoms with van der Waals surface area (Å²) in [5.74, 6) is 0.710. The van der Waals surface area contributed by atoms with Gasteiger partial charge in [-0.1, -0.05) is 38.1 Å². The van der Waals surface area contributed by atoms with E-state index < -0.39 is 0 Å². The summed E-state index contributed by atoms with van der Waals surface area (Å²) >= 11 is 0. The number of benzene rings is 1.